The summed E-state index contributed by atoms with van der Waals surface area (Å²) in [6.45, 7) is 0. The highest BCUT2D eigenvalue weighted by Gasteiger charge is 2.09. The lowest BCUT2D eigenvalue weighted by Gasteiger charge is -1.92. The lowest BCUT2D eigenvalue weighted by Crippen LogP contribution is -1.92. The Balaban J connectivity index is 3.22. The maximum atomic E-state index is 10.3. The molecule has 0 spiro atoms. The van der Waals surface area contributed by atoms with Gasteiger partial charge in [-0.15, -0.1) is 0 Å². The van der Waals surface area contributed by atoms with Gasteiger partial charge in [-0.05, 0) is 6.07 Å². The number of nitrogens with zero attached hydrogens (tertiary/aromatic N) is 1. The number of benzene rings is 1. The van der Waals surface area contributed by atoms with E-state index in [1.54, 1.807) is 12.1 Å². The van der Waals surface area contributed by atoms with Crippen LogP contribution in [0.4, 0.5) is 5.69 Å². The van der Waals surface area contributed by atoms with Crippen LogP contribution in [0.15, 0.2) is 24.3 Å². The van der Waals surface area contributed by atoms with Crippen molar-refractivity contribution >= 4 is 11.9 Å². The molecule has 0 bridgehead atoms. The molecule has 0 saturated heterocycles. The van der Waals surface area contributed by atoms with Crippen molar-refractivity contribution in [2.75, 3.05) is 0 Å². The quantitative estimate of drug-likeness (QED) is 0.393. The van der Waals surface area contributed by atoms with Crippen LogP contribution in [0.5, 0.6) is 0 Å². The smallest absolute Gasteiger partial charge is 0.278 e. The number of hydrogen-bond acceptors (Lipinski definition) is 3. The molecule has 1 N–H and O–H groups in total. The molecule has 0 aromatic heterocycles. The van der Waals surface area contributed by atoms with E-state index in [4.69, 9.17) is 5.41 Å². The van der Waals surface area contributed by atoms with Gasteiger partial charge in [-0.2, -0.15) is 0 Å². The summed E-state index contributed by atoms with van der Waals surface area (Å²) in [4.78, 5) is 9.73. The van der Waals surface area contributed by atoms with E-state index in [1.165, 1.54) is 12.1 Å². The summed E-state index contributed by atoms with van der Waals surface area (Å²) in [6, 6.07) is 6.00. The second-order valence-electron chi connectivity index (χ2n) is 1.90. The van der Waals surface area contributed by atoms with Gasteiger partial charge in [0.2, 0.25) is 0 Å². The van der Waals surface area contributed by atoms with Crippen LogP contribution in [0, 0.1) is 15.5 Å². The van der Waals surface area contributed by atoms with Crippen molar-refractivity contribution in [1.82, 2.24) is 0 Å². The monoisotopic (exact) mass is 149 g/mol. The van der Waals surface area contributed by atoms with Gasteiger partial charge in [0.05, 0.1) is 16.7 Å². The Hall–Kier alpha value is -1.71. The Kier molecular flexibility index (Phi) is 1.96. The van der Waals surface area contributed by atoms with Gasteiger partial charge in [0.1, 0.15) is 0 Å². The molecule has 0 heterocycles. The van der Waals surface area contributed by atoms with Crippen LogP contribution in [0.2, 0.25) is 0 Å². The van der Waals surface area contributed by atoms with Crippen LogP contribution in [0.3, 0.4) is 0 Å². The molecule has 1 rings (SSSR count). The molecule has 0 aliphatic carbocycles. The molecule has 1 radical (unpaired) electrons. The van der Waals surface area contributed by atoms with Crippen LogP contribution in [0.25, 0.3) is 0 Å². The number of nitro benzene ring substituents is 1. The molecule has 0 amide bonds. The van der Waals surface area contributed by atoms with Gasteiger partial charge in [0.25, 0.3) is 5.69 Å². The summed E-state index contributed by atoms with van der Waals surface area (Å²) in [6.07, 6.45) is 1.99. The Morgan fingerprint density at radius 2 is 2.09 bits per heavy atom. The minimum absolute atomic E-state index is 0.0810. The van der Waals surface area contributed by atoms with E-state index in [9.17, 15) is 10.1 Å². The van der Waals surface area contributed by atoms with E-state index in [0.29, 0.717) is 0 Å². The number of nitrogens with one attached hydrogen (secondary N) is 1. The first-order valence-electron chi connectivity index (χ1n) is 2.92. The molecule has 0 aliphatic rings. The van der Waals surface area contributed by atoms with E-state index < -0.39 is 4.92 Å². The predicted octanol–water partition coefficient (Wildman–Crippen LogP) is 1.47. The normalized spacial score (nSPS) is 9.09. The molecule has 0 fully saturated rings. The van der Waals surface area contributed by atoms with Gasteiger partial charge in [0.15, 0.2) is 0 Å². The van der Waals surface area contributed by atoms with Crippen molar-refractivity contribution in [3.63, 3.8) is 0 Å². The molecule has 1 aromatic carbocycles. The highest BCUT2D eigenvalue weighted by Crippen LogP contribution is 2.14. The van der Waals surface area contributed by atoms with Gasteiger partial charge in [-0.3, -0.25) is 15.5 Å². The van der Waals surface area contributed by atoms with Crippen molar-refractivity contribution in [2.24, 2.45) is 0 Å². The third-order valence-corrected chi connectivity index (χ3v) is 1.24. The molecule has 11 heavy (non-hydrogen) atoms. The van der Waals surface area contributed by atoms with Crippen LogP contribution >= 0.6 is 0 Å². The molecule has 4 heteroatoms. The Morgan fingerprint density at radius 3 is 2.55 bits per heavy atom. The van der Waals surface area contributed by atoms with Gasteiger partial charge in [0, 0.05) is 6.07 Å². The summed E-state index contributed by atoms with van der Waals surface area (Å²) in [7, 11) is 0. The fourth-order valence-electron chi connectivity index (χ4n) is 0.739. The third-order valence-electron chi connectivity index (χ3n) is 1.24. The molecule has 0 unspecified atom stereocenters. The van der Waals surface area contributed by atoms with Gasteiger partial charge < -0.3 is 0 Å². The predicted molar refractivity (Wildman–Crippen MR) is 39.9 cm³/mol. The zero-order valence-electron chi connectivity index (χ0n) is 5.57. The minimum Gasteiger partial charge on any atom is -0.298 e. The standard InChI is InChI=1S/C7H5N2O2/c8-5-6-3-1-2-4-7(6)9(10)11/h1-4,8H. The summed E-state index contributed by atoms with van der Waals surface area (Å²) in [5.41, 5.74) is 0.125. The zero-order chi connectivity index (χ0) is 8.27. The van der Waals surface area contributed by atoms with Crippen molar-refractivity contribution < 1.29 is 4.92 Å². The van der Waals surface area contributed by atoms with E-state index in [0.717, 1.165) is 0 Å². The third kappa shape index (κ3) is 1.40. The van der Waals surface area contributed by atoms with Gasteiger partial charge in [-0.1, -0.05) is 12.1 Å². The maximum Gasteiger partial charge on any atom is 0.278 e. The van der Waals surface area contributed by atoms with Crippen molar-refractivity contribution in [3.8, 4) is 0 Å². The molecule has 4 nitrogen and oxygen atoms in total. The molecular formula is C7H5N2O2. The Morgan fingerprint density at radius 1 is 1.45 bits per heavy atom. The molecule has 0 atom stereocenters. The summed E-state index contributed by atoms with van der Waals surface area (Å²) < 4.78 is 0. The second kappa shape index (κ2) is 2.92. The summed E-state index contributed by atoms with van der Waals surface area (Å²) >= 11 is 0. The van der Waals surface area contributed by atoms with Crippen LogP contribution in [-0.4, -0.2) is 11.1 Å². The number of nitro groups is 1. The van der Waals surface area contributed by atoms with Crippen molar-refractivity contribution in [1.29, 1.82) is 5.41 Å². The minimum atomic E-state index is -0.531. The summed E-state index contributed by atoms with van der Waals surface area (Å²) in [5, 5.41) is 17.0. The number of para-hydroxylation sites is 1. The molecular weight excluding hydrogens is 144 g/mol. The Labute approximate surface area is 63.1 Å². The maximum absolute atomic E-state index is 10.3. The first-order chi connectivity index (χ1) is 5.25. The topological polar surface area (TPSA) is 67.0 Å². The average Bonchev–Trinajstić information content (AvgIpc) is 2.04. The zero-order valence-corrected chi connectivity index (χ0v) is 5.57. The number of rotatable bonds is 2. The van der Waals surface area contributed by atoms with E-state index in [-0.39, 0.29) is 11.3 Å². The van der Waals surface area contributed by atoms with E-state index in [1.807, 2.05) is 6.21 Å². The van der Waals surface area contributed by atoms with Crippen molar-refractivity contribution in [2.45, 2.75) is 0 Å². The van der Waals surface area contributed by atoms with Crippen LogP contribution in [0.1, 0.15) is 5.56 Å². The lowest BCUT2D eigenvalue weighted by molar-refractivity contribution is -0.385. The summed E-state index contributed by atoms with van der Waals surface area (Å²) in [5.74, 6) is 0. The first kappa shape index (κ1) is 7.40. The fraction of sp³-hybridized carbons (Fsp3) is 0. The van der Waals surface area contributed by atoms with E-state index >= 15 is 0 Å². The number of hydrogen-bond donors (Lipinski definition) is 1. The van der Waals surface area contributed by atoms with Gasteiger partial charge >= 0.3 is 0 Å². The van der Waals surface area contributed by atoms with Crippen LogP contribution in [-0.2, 0) is 0 Å². The molecule has 0 saturated carbocycles. The lowest BCUT2D eigenvalue weighted by atomic mass is 10.2. The highest BCUT2D eigenvalue weighted by atomic mass is 16.6. The molecule has 0 aliphatic heterocycles. The average molecular weight is 149 g/mol. The van der Waals surface area contributed by atoms with Gasteiger partial charge in [-0.25, -0.2) is 0 Å². The SMILES string of the molecule is N=[C]c1ccccc1[N+](=O)[O-]. The molecule has 55 valence electrons. The Bertz CT molecular complexity index is 296. The second-order valence-corrected chi connectivity index (χ2v) is 1.90. The molecule has 1 aromatic rings. The largest absolute Gasteiger partial charge is 0.298 e. The van der Waals surface area contributed by atoms with Crippen LogP contribution < -0.4 is 0 Å². The van der Waals surface area contributed by atoms with Crippen molar-refractivity contribution in [3.05, 3.63) is 39.9 Å². The fourth-order valence-corrected chi connectivity index (χ4v) is 0.739. The first-order valence-corrected chi connectivity index (χ1v) is 2.92. The van der Waals surface area contributed by atoms with E-state index in [2.05, 4.69) is 0 Å². The highest BCUT2D eigenvalue weighted by molar-refractivity contribution is 5.82.